The summed E-state index contributed by atoms with van der Waals surface area (Å²) in [6.45, 7) is 3.74. The molecule has 2 aromatic rings. The number of nitrogens with zero attached hydrogens (tertiary/aromatic N) is 5. The van der Waals surface area contributed by atoms with E-state index in [-0.39, 0.29) is 12.6 Å². The Balaban J connectivity index is 1.65. The Bertz CT molecular complexity index is 715. The number of hydrogen-bond donors (Lipinski definition) is 1. The van der Waals surface area contributed by atoms with Crippen molar-refractivity contribution in [3.63, 3.8) is 0 Å². The van der Waals surface area contributed by atoms with E-state index in [0.717, 1.165) is 23.8 Å². The number of anilines is 1. The fourth-order valence-electron chi connectivity index (χ4n) is 2.53. The third kappa shape index (κ3) is 4.26. The molecule has 0 fully saturated rings. The van der Waals surface area contributed by atoms with E-state index >= 15 is 0 Å². The molecular weight excluding hydrogens is 339 g/mol. The molecule has 3 rings (SSSR count). The Morgan fingerprint density at radius 2 is 2.00 bits per heavy atom. The first-order chi connectivity index (χ1) is 11.8. The second kappa shape index (κ2) is 6.96. The zero-order chi connectivity index (χ0) is 18.0. The third-order valence-electron chi connectivity index (χ3n) is 3.71. The molecule has 1 aliphatic heterocycles. The van der Waals surface area contributed by atoms with Crippen molar-refractivity contribution in [2.24, 2.45) is 0 Å². The van der Waals surface area contributed by atoms with Crippen LogP contribution < -0.4 is 4.90 Å². The van der Waals surface area contributed by atoms with Crippen molar-refractivity contribution in [2.45, 2.75) is 38.9 Å². The van der Waals surface area contributed by atoms with Gasteiger partial charge >= 0.3 is 6.18 Å². The molecule has 0 radical (unpaired) electrons. The van der Waals surface area contributed by atoms with E-state index in [2.05, 4.69) is 15.1 Å². The SMILES string of the molecule is C[C@H](O)COCc1cc2n(n1)CCN(c1ncc(C(F)(F)F)cn1)C2. The van der Waals surface area contributed by atoms with E-state index in [1.54, 1.807) is 11.8 Å². The van der Waals surface area contributed by atoms with Gasteiger partial charge in [0.15, 0.2) is 0 Å². The first kappa shape index (κ1) is 17.6. The summed E-state index contributed by atoms with van der Waals surface area (Å²) < 4.78 is 44.9. The number of ether oxygens (including phenoxy) is 1. The second-order valence-corrected chi connectivity index (χ2v) is 5.91. The van der Waals surface area contributed by atoms with Crippen LogP contribution in [0.2, 0.25) is 0 Å². The van der Waals surface area contributed by atoms with E-state index < -0.39 is 17.8 Å². The number of rotatable bonds is 5. The van der Waals surface area contributed by atoms with Crippen LogP contribution >= 0.6 is 0 Å². The molecule has 1 atom stereocenters. The number of aliphatic hydroxyl groups is 1. The predicted octanol–water partition coefficient (Wildman–Crippen LogP) is 1.61. The van der Waals surface area contributed by atoms with Crippen LogP contribution in [0.5, 0.6) is 0 Å². The van der Waals surface area contributed by atoms with E-state index in [4.69, 9.17) is 4.74 Å². The summed E-state index contributed by atoms with van der Waals surface area (Å²) in [5.74, 6) is 0.257. The van der Waals surface area contributed by atoms with E-state index in [0.29, 0.717) is 26.2 Å². The highest BCUT2D eigenvalue weighted by Gasteiger charge is 2.31. The number of alkyl halides is 3. The van der Waals surface area contributed by atoms with Gasteiger partial charge in [0.2, 0.25) is 5.95 Å². The van der Waals surface area contributed by atoms with Crippen molar-refractivity contribution in [2.75, 3.05) is 18.1 Å². The summed E-state index contributed by atoms with van der Waals surface area (Å²) in [6.07, 6.45) is -3.39. The highest BCUT2D eigenvalue weighted by molar-refractivity contribution is 5.33. The molecule has 10 heteroatoms. The molecule has 0 spiro atoms. The Morgan fingerprint density at radius 3 is 2.64 bits per heavy atom. The average Bonchev–Trinajstić information content (AvgIpc) is 2.95. The lowest BCUT2D eigenvalue weighted by molar-refractivity contribution is -0.138. The van der Waals surface area contributed by atoms with Gasteiger partial charge < -0.3 is 14.7 Å². The molecule has 136 valence electrons. The quantitative estimate of drug-likeness (QED) is 0.876. The number of halogens is 3. The molecule has 0 bridgehead atoms. The van der Waals surface area contributed by atoms with Crippen LogP contribution in [-0.4, -0.2) is 44.1 Å². The molecule has 0 aromatic carbocycles. The molecule has 0 saturated heterocycles. The molecular formula is C15H18F3N5O2. The van der Waals surface area contributed by atoms with Crippen molar-refractivity contribution >= 4 is 5.95 Å². The van der Waals surface area contributed by atoms with Gasteiger partial charge in [0.1, 0.15) is 0 Å². The summed E-state index contributed by atoms with van der Waals surface area (Å²) in [7, 11) is 0. The highest BCUT2D eigenvalue weighted by atomic mass is 19.4. The summed E-state index contributed by atoms with van der Waals surface area (Å²) in [6, 6.07) is 1.87. The monoisotopic (exact) mass is 357 g/mol. The lowest BCUT2D eigenvalue weighted by Gasteiger charge is -2.27. The van der Waals surface area contributed by atoms with E-state index in [1.165, 1.54) is 0 Å². The van der Waals surface area contributed by atoms with Gasteiger partial charge in [0, 0.05) is 18.9 Å². The van der Waals surface area contributed by atoms with Crippen LogP contribution in [0.1, 0.15) is 23.9 Å². The Morgan fingerprint density at radius 1 is 1.28 bits per heavy atom. The lowest BCUT2D eigenvalue weighted by Crippen LogP contribution is -2.35. The minimum atomic E-state index is -4.44. The van der Waals surface area contributed by atoms with E-state index in [1.807, 2.05) is 10.7 Å². The minimum absolute atomic E-state index is 0.230. The van der Waals surface area contributed by atoms with Crippen molar-refractivity contribution in [3.8, 4) is 0 Å². The van der Waals surface area contributed by atoms with Crippen LogP contribution in [0.25, 0.3) is 0 Å². The van der Waals surface area contributed by atoms with Crippen LogP contribution in [0.15, 0.2) is 18.5 Å². The van der Waals surface area contributed by atoms with Gasteiger partial charge in [-0.15, -0.1) is 0 Å². The van der Waals surface area contributed by atoms with Crippen molar-refractivity contribution in [1.29, 1.82) is 0 Å². The van der Waals surface area contributed by atoms with Crippen LogP contribution in [0, 0.1) is 0 Å². The van der Waals surface area contributed by atoms with Gasteiger partial charge in [-0.3, -0.25) is 4.68 Å². The fraction of sp³-hybridized carbons (Fsp3) is 0.533. The molecule has 3 heterocycles. The van der Waals surface area contributed by atoms with Gasteiger partial charge in [-0.25, -0.2) is 9.97 Å². The molecule has 0 unspecified atom stereocenters. The zero-order valence-electron chi connectivity index (χ0n) is 13.6. The molecule has 0 amide bonds. The van der Waals surface area contributed by atoms with Crippen LogP contribution in [0.3, 0.4) is 0 Å². The summed E-state index contributed by atoms with van der Waals surface area (Å²) in [4.78, 5) is 9.46. The van der Waals surface area contributed by atoms with Gasteiger partial charge in [0.05, 0.1) is 49.4 Å². The standard InChI is InChI=1S/C15H18F3N5O2/c1-10(24)8-25-9-12-4-13-7-22(2-3-23(13)21-12)14-19-5-11(6-20-14)15(16,17)18/h4-6,10,24H,2-3,7-9H2,1H3/t10-/m0/s1. The molecule has 7 nitrogen and oxygen atoms in total. The Kier molecular flexibility index (Phi) is 4.91. The molecule has 0 saturated carbocycles. The van der Waals surface area contributed by atoms with Crippen molar-refractivity contribution < 1.29 is 23.0 Å². The summed E-state index contributed by atoms with van der Waals surface area (Å²) >= 11 is 0. The maximum absolute atomic E-state index is 12.6. The minimum Gasteiger partial charge on any atom is -0.391 e. The first-order valence-electron chi connectivity index (χ1n) is 7.78. The maximum atomic E-state index is 12.6. The number of fused-ring (bicyclic) bond motifs is 1. The third-order valence-corrected chi connectivity index (χ3v) is 3.71. The van der Waals surface area contributed by atoms with Crippen LogP contribution in [0.4, 0.5) is 19.1 Å². The van der Waals surface area contributed by atoms with E-state index in [9.17, 15) is 18.3 Å². The van der Waals surface area contributed by atoms with Gasteiger partial charge in [-0.1, -0.05) is 0 Å². The smallest absolute Gasteiger partial charge is 0.391 e. The normalized spacial score (nSPS) is 16.0. The highest BCUT2D eigenvalue weighted by Crippen LogP contribution is 2.28. The molecule has 25 heavy (non-hydrogen) atoms. The lowest BCUT2D eigenvalue weighted by atomic mass is 10.3. The Hall–Kier alpha value is -2.20. The van der Waals surface area contributed by atoms with Crippen molar-refractivity contribution in [1.82, 2.24) is 19.7 Å². The van der Waals surface area contributed by atoms with Crippen molar-refractivity contribution in [3.05, 3.63) is 35.4 Å². The fourth-order valence-corrected chi connectivity index (χ4v) is 2.53. The molecule has 1 N–H and O–H groups in total. The van der Waals surface area contributed by atoms with Gasteiger partial charge in [-0.05, 0) is 13.0 Å². The molecule has 0 aliphatic carbocycles. The molecule has 2 aromatic heterocycles. The number of aromatic nitrogens is 4. The predicted molar refractivity (Wildman–Crippen MR) is 81.6 cm³/mol. The number of aliphatic hydroxyl groups excluding tert-OH is 1. The van der Waals surface area contributed by atoms with Gasteiger partial charge in [0.25, 0.3) is 0 Å². The van der Waals surface area contributed by atoms with Gasteiger partial charge in [-0.2, -0.15) is 18.3 Å². The van der Waals surface area contributed by atoms with Crippen LogP contribution in [-0.2, 0) is 30.6 Å². The summed E-state index contributed by atoms with van der Waals surface area (Å²) in [5, 5.41) is 13.6. The topological polar surface area (TPSA) is 76.3 Å². The zero-order valence-corrected chi connectivity index (χ0v) is 13.6. The largest absolute Gasteiger partial charge is 0.419 e. The summed E-state index contributed by atoms with van der Waals surface area (Å²) in [5.41, 5.74) is 0.784. The second-order valence-electron chi connectivity index (χ2n) is 5.91. The first-order valence-corrected chi connectivity index (χ1v) is 7.78. The number of hydrogen-bond acceptors (Lipinski definition) is 6. The Labute approximate surface area is 142 Å². The maximum Gasteiger partial charge on any atom is 0.419 e. The molecule has 1 aliphatic rings. The average molecular weight is 357 g/mol.